The maximum Gasteiger partial charge on any atom is 0.0509 e. The molecule has 0 saturated carbocycles. The highest BCUT2D eigenvalue weighted by atomic mass is 35.5. The second kappa shape index (κ2) is 4.43. The van der Waals surface area contributed by atoms with Gasteiger partial charge in [0.1, 0.15) is 0 Å². The van der Waals surface area contributed by atoms with Crippen LogP contribution in [0.25, 0.3) is 5.57 Å². The SMILES string of the molecule is CC1(C)C=C(c2ccccc2)c2cc(Cl)ccc2N1. The third-order valence-electron chi connectivity index (χ3n) is 3.32. The number of anilines is 1. The maximum atomic E-state index is 6.15. The van der Waals surface area contributed by atoms with E-state index in [1.165, 1.54) is 11.1 Å². The summed E-state index contributed by atoms with van der Waals surface area (Å²) in [5, 5.41) is 4.29. The third kappa shape index (κ3) is 2.39. The van der Waals surface area contributed by atoms with Gasteiger partial charge in [-0.15, -0.1) is 0 Å². The van der Waals surface area contributed by atoms with Crippen LogP contribution in [-0.2, 0) is 0 Å². The highest BCUT2D eigenvalue weighted by molar-refractivity contribution is 6.31. The number of fused-ring (bicyclic) bond motifs is 1. The number of rotatable bonds is 1. The summed E-state index contributed by atoms with van der Waals surface area (Å²) in [7, 11) is 0. The lowest BCUT2D eigenvalue weighted by Crippen LogP contribution is -2.31. The molecule has 0 bridgehead atoms. The monoisotopic (exact) mass is 269 g/mol. The van der Waals surface area contributed by atoms with Gasteiger partial charge in [-0.05, 0) is 43.2 Å². The van der Waals surface area contributed by atoms with Gasteiger partial charge in [0.15, 0.2) is 0 Å². The van der Waals surface area contributed by atoms with E-state index in [-0.39, 0.29) is 5.54 Å². The van der Waals surface area contributed by atoms with Crippen LogP contribution < -0.4 is 5.32 Å². The average Bonchev–Trinajstić information content (AvgIpc) is 2.39. The first-order valence-electron chi connectivity index (χ1n) is 6.42. The first-order chi connectivity index (χ1) is 9.05. The zero-order valence-corrected chi connectivity index (χ0v) is 11.8. The summed E-state index contributed by atoms with van der Waals surface area (Å²) >= 11 is 6.15. The van der Waals surface area contributed by atoms with Crippen molar-refractivity contribution >= 4 is 22.9 Å². The van der Waals surface area contributed by atoms with Gasteiger partial charge in [-0.1, -0.05) is 48.0 Å². The molecule has 19 heavy (non-hydrogen) atoms. The molecule has 0 amide bonds. The van der Waals surface area contributed by atoms with E-state index in [1.807, 2.05) is 18.2 Å². The van der Waals surface area contributed by atoms with Gasteiger partial charge < -0.3 is 5.32 Å². The maximum absolute atomic E-state index is 6.15. The average molecular weight is 270 g/mol. The lowest BCUT2D eigenvalue weighted by molar-refractivity contribution is 0.708. The molecule has 0 atom stereocenters. The summed E-state index contributed by atoms with van der Waals surface area (Å²) in [5.74, 6) is 0. The smallest absolute Gasteiger partial charge is 0.0509 e. The van der Waals surface area contributed by atoms with Gasteiger partial charge in [-0.2, -0.15) is 0 Å². The molecule has 0 saturated heterocycles. The summed E-state index contributed by atoms with van der Waals surface area (Å²) in [5.41, 5.74) is 4.70. The van der Waals surface area contributed by atoms with E-state index in [1.54, 1.807) is 0 Å². The van der Waals surface area contributed by atoms with Crippen LogP contribution in [0.2, 0.25) is 5.02 Å². The zero-order valence-electron chi connectivity index (χ0n) is 11.1. The minimum atomic E-state index is -0.0635. The van der Waals surface area contributed by atoms with Gasteiger partial charge in [0.25, 0.3) is 0 Å². The first kappa shape index (κ1) is 12.3. The first-order valence-corrected chi connectivity index (χ1v) is 6.79. The molecule has 2 aromatic carbocycles. The van der Waals surface area contributed by atoms with E-state index in [2.05, 4.69) is 55.6 Å². The van der Waals surface area contributed by atoms with Crippen molar-refractivity contribution in [2.24, 2.45) is 0 Å². The predicted molar refractivity (Wildman–Crippen MR) is 82.7 cm³/mol. The van der Waals surface area contributed by atoms with Gasteiger partial charge in [-0.3, -0.25) is 0 Å². The van der Waals surface area contributed by atoms with Crippen molar-refractivity contribution in [1.29, 1.82) is 0 Å². The van der Waals surface area contributed by atoms with Crippen LogP contribution >= 0.6 is 11.6 Å². The molecule has 1 nitrogen and oxygen atoms in total. The Labute approximate surface area is 118 Å². The van der Waals surface area contributed by atoms with Crippen LogP contribution in [-0.4, -0.2) is 5.54 Å². The molecule has 3 rings (SSSR count). The van der Waals surface area contributed by atoms with E-state index in [0.717, 1.165) is 16.3 Å². The third-order valence-corrected chi connectivity index (χ3v) is 3.55. The second-order valence-electron chi connectivity index (χ2n) is 5.46. The predicted octanol–water partition coefficient (Wildman–Crippen LogP) is 4.98. The van der Waals surface area contributed by atoms with Crippen LogP contribution in [0, 0.1) is 0 Å². The molecule has 0 fully saturated rings. The Balaban J connectivity index is 2.21. The van der Waals surface area contributed by atoms with Crippen LogP contribution in [0.1, 0.15) is 25.0 Å². The standard InChI is InChI=1S/C17H16ClN/c1-17(2)11-15(12-6-4-3-5-7-12)14-10-13(18)8-9-16(14)19-17/h3-11,19H,1-2H3. The normalized spacial score (nSPS) is 16.3. The minimum Gasteiger partial charge on any atom is -0.376 e. The second-order valence-corrected chi connectivity index (χ2v) is 5.90. The van der Waals surface area contributed by atoms with Crippen molar-refractivity contribution in [3.8, 4) is 0 Å². The molecule has 2 aromatic rings. The molecular weight excluding hydrogens is 254 g/mol. The summed E-state index contributed by atoms with van der Waals surface area (Å²) in [6.07, 6.45) is 2.26. The van der Waals surface area contributed by atoms with Crippen molar-refractivity contribution in [3.05, 3.63) is 70.8 Å². The Morgan fingerprint density at radius 3 is 2.47 bits per heavy atom. The highest BCUT2D eigenvalue weighted by Gasteiger charge is 2.24. The van der Waals surface area contributed by atoms with Gasteiger partial charge in [0.05, 0.1) is 5.54 Å². The van der Waals surface area contributed by atoms with Gasteiger partial charge in [0, 0.05) is 16.3 Å². The molecule has 1 aliphatic heterocycles. The van der Waals surface area contributed by atoms with E-state index in [9.17, 15) is 0 Å². The molecule has 2 heteroatoms. The molecule has 0 radical (unpaired) electrons. The zero-order chi connectivity index (χ0) is 13.5. The lowest BCUT2D eigenvalue weighted by atomic mass is 9.87. The van der Waals surface area contributed by atoms with Gasteiger partial charge in [0.2, 0.25) is 0 Å². The fourth-order valence-electron chi connectivity index (χ4n) is 2.53. The summed E-state index contributed by atoms with van der Waals surface area (Å²) in [6.45, 7) is 4.35. The Morgan fingerprint density at radius 2 is 1.74 bits per heavy atom. The minimum absolute atomic E-state index is 0.0635. The Kier molecular flexibility index (Phi) is 2.87. The van der Waals surface area contributed by atoms with E-state index >= 15 is 0 Å². The van der Waals surface area contributed by atoms with Crippen molar-refractivity contribution in [3.63, 3.8) is 0 Å². The summed E-state index contributed by atoms with van der Waals surface area (Å²) < 4.78 is 0. The van der Waals surface area contributed by atoms with E-state index in [0.29, 0.717) is 0 Å². The van der Waals surface area contributed by atoms with E-state index in [4.69, 9.17) is 11.6 Å². The van der Waals surface area contributed by atoms with Crippen molar-refractivity contribution < 1.29 is 0 Å². The quantitative estimate of drug-likeness (QED) is 0.770. The molecular formula is C17H16ClN. The van der Waals surface area contributed by atoms with Crippen molar-refractivity contribution in [2.75, 3.05) is 5.32 Å². The molecule has 1 N–H and O–H groups in total. The molecule has 0 aromatic heterocycles. The molecule has 96 valence electrons. The number of benzene rings is 2. The van der Waals surface area contributed by atoms with E-state index < -0.39 is 0 Å². The fraction of sp³-hybridized carbons (Fsp3) is 0.176. The molecule has 0 unspecified atom stereocenters. The highest BCUT2D eigenvalue weighted by Crippen LogP contribution is 2.38. The Hall–Kier alpha value is -1.73. The molecule has 1 aliphatic rings. The number of nitrogens with one attached hydrogen (secondary N) is 1. The Morgan fingerprint density at radius 1 is 1.00 bits per heavy atom. The fourth-order valence-corrected chi connectivity index (χ4v) is 2.70. The van der Waals surface area contributed by atoms with Crippen molar-refractivity contribution in [2.45, 2.75) is 19.4 Å². The molecule has 0 aliphatic carbocycles. The van der Waals surface area contributed by atoms with Gasteiger partial charge >= 0.3 is 0 Å². The topological polar surface area (TPSA) is 12.0 Å². The molecule has 1 heterocycles. The summed E-state index contributed by atoms with van der Waals surface area (Å²) in [4.78, 5) is 0. The number of halogens is 1. The van der Waals surface area contributed by atoms with Gasteiger partial charge in [-0.25, -0.2) is 0 Å². The van der Waals surface area contributed by atoms with Crippen LogP contribution in [0.3, 0.4) is 0 Å². The largest absolute Gasteiger partial charge is 0.376 e. The van der Waals surface area contributed by atoms with Crippen LogP contribution in [0.5, 0.6) is 0 Å². The Bertz CT molecular complexity index is 642. The lowest BCUT2D eigenvalue weighted by Gasteiger charge is -2.32. The molecule has 0 spiro atoms. The number of hydrogen-bond donors (Lipinski definition) is 1. The summed E-state index contributed by atoms with van der Waals surface area (Å²) in [6, 6.07) is 16.4. The number of hydrogen-bond acceptors (Lipinski definition) is 1. The van der Waals surface area contributed by atoms with Crippen LogP contribution in [0.15, 0.2) is 54.6 Å². The van der Waals surface area contributed by atoms with Crippen molar-refractivity contribution in [1.82, 2.24) is 0 Å². The van der Waals surface area contributed by atoms with Crippen LogP contribution in [0.4, 0.5) is 5.69 Å².